The van der Waals surface area contributed by atoms with Crippen LogP contribution in [0.25, 0.3) is 22.6 Å². The number of halogens is 1. The monoisotopic (exact) mass is 306 g/mol. The summed E-state index contributed by atoms with van der Waals surface area (Å²) < 4.78 is 17.7. The summed E-state index contributed by atoms with van der Waals surface area (Å²) in [5.74, 6) is 1.08. The van der Waals surface area contributed by atoms with E-state index < -0.39 is 5.95 Å². The minimum atomic E-state index is -0.503. The highest BCUT2D eigenvalue weighted by Gasteiger charge is 2.21. The van der Waals surface area contributed by atoms with Gasteiger partial charge in [-0.2, -0.15) is 4.39 Å². The summed E-state index contributed by atoms with van der Waals surface area (Å²) in [6.45, 7) is 1.12. The van der Waals surface area contributed by atoms with Gasteiger partial charge in [0.25, 0.3) is 0 Å². The fourth-order valence-electron chi connectivity index (χ4n) is 3.08. The molecule has 0 bridgehead atoms. The molecule has 6 nitrogen and oxygen atoms in total. The highest BCUT2D eigenvalue weighted by Crippen LogP contribution is 2.27. The van der Waals surface area contributed by atoms with Crippen LogP contribution in [0.15, 0.2) is 43.0 Å². The van der Waals surface area contributed by atoms with Crippen molar-refractivity contribution in [1.82, 2.24) is 29.1 Å². The van der Waals surface area contributed by atoms with Gasteiger partial charge in [-0.25, -0.2) is 15.0 Å². The van der Waals surface area contributed by atoms with Crippen LogP contribution in [0.5, 0.6) is 0 Å². The Balaban J connectivity index is 1.84. The second-order valence-electron chi connectivity index (χ2n) is 5.50. The Bertz CT molecular complexity index is 1050. The highest BCUT2D eigenvalue weighted by atomic mass is 19.1. The number of aromatic nitrogens is 6. The zero-order valence-electron chi connectivity index (χ0n) is 12.0. The van der Waals surface area contributed by atoms with Crippen molar-refractivity contribution in [1.29, 1.82) is 0 Å². The van der Waals surface area contributed by atoms with Crippen LogP contribution in [0.1, 0.15) is 11.4 Å². The molecule has 5 heterocycles. The van der Waals surface area contributed by atoms with Crippen molar-refractivity contribution in [3.8, 4) is 11.5 Å². The summed E-state index contributed by atoms with van der Waals surface area (Å²) in [7, 11) is 0. The largest absolute Gasteiger partial charge is 0.322 e. The third-order valence-electron chi connectivity index (χ3n) is 4.14. The van der Waals surface area contributed by atoms with Gasteiger partial charge in [-0.3, -0.25) is 4.98 Å². The van der Waals surface area contributed by atoms with Crippen molar-refractivity contribution in [2.45, 2.75) is 13.1 Å². The molecule has 0 radical (unpaired) electrons. The van der Waals surface area contributed by atoms with Gasteiger partial charge < -0.3 is 9.13 Å². The fourth-order valence-corrected chi connectivity index (χ4v) is 3.08. The van der Waals surface area contributed by atoms with Crippen molar-refractivity contribution in [2.24, 2.45) is 0 Å². The van der Waals surface area contributed by atoms with Crippen molar-refractivity contribution < 1.29 is 4.39 Å². The Hall–Kier alpha value is -3.09. The van der Waals surface area contributed by atoms with Crippen molar-refractivity contribution in [3.05, 3.63) is 60.3 Å². The molecule has 0 amide bonds. The van der Waals surface area contributed by atoms with Crippen LogP contribution in [0, 0.1) is 5.95 Å². The summed E-state index contributed by atoms with van der Waals surface area (Å²) >= 11 is 0. The van der Waals surface area contributed by atoms with Gasteiger partial charge >= 0.3 is 0 Å². The summed E-state index contributed by atoms with van der Waals surface area (Å²) in [6, 6.07) is 5.03. The van der Waals surface area contributed by atoms with E-state index in [0.717, 1.165) is 22.4 Å². The molecule has 0 spiro atoms. The predicted molar refractivity (Wildman–Crippen MR) is 81.1 cm³/mol. The van der Waals surface area contributed by atoms with Crippen LogP contribution in [-0.4, -0.2) is 29.1 Å². The lowest BCUT2D eigenvalue weighted by Gasteiger charge is -2.17. The topological polar surface area (TPSA) is 61.4 Å². The van der Waals surface area contributed by atoms with E-state index in [1.807, 2.05) is 16.8 Å². The number of nitrogens with zero attached hydrogens (tertiary/aromatic N) is 6. The molecular formula is C16H11FN6. The maximum atomic E-state index is 13.6. The molecule has 0 unspecified atom stereocenters. The zero-order chi connectivity index (χ0) is 15.4. The quantitative estimate of drug-likeness (QED) is 0.412. The SMILES string of the molecule is Fc1ccc2c(n1)-c1nccn1Cc1nc3ccncc3n1C2. The third kappa shape index (κ3) is 1.79. The number of fused-ring (bicyclic) bond motifs is 6. The van der Waals surface area contributed by atoms with Gasteiger partial charge in [-0.1, -0.05) is 6.07 Å². The number of hydrogen-bond acceptors (Lipinski definition) is 4. The first kappa shape index (κ1) is 12.5. The van der Waals surface area contributed by atoms with Gasteiger partial charge in [0.1, 0.15) is 11.5 Å². The number of imidazole rings is 2. The molecule has 0 N–H and O–H groups in total. The molecular weight excluding hydrogens is 295 g/mol. The first-order chi connectivity index (χ1) is 11.3. The molecule has 0 aliphatic carbocycles. The van der Waals surface area contributed by atoms with Crippen molar-refractivity contribution >= 4 is 11.0 Å². The van der Waals surface area contributed by atoms with Crippen LogP contribution < -0.4 is 0 Å². The number of hydrogen-bond donors (Lipinski definition) is 0. The van der Waals surface area contributed by atoms with Crippen molar-refractivity contribution in [3.63, 3.8) is 0 Å². The van der Waals surface area contributed by atoms with E-state index >= 15 is 0 Å². The lowest BCUT2D eigenvalue weighted by atomic mass is 10.1. The van der Waals surface area contributed by atoms with Gasteiger partial charge in [0.2, 0.25) is 5.95 Å². The van der Waals surface area contributed by atoms with E-state index in [1.54, 1.807) is 24.7 Å². The summed E-state index contributed by atoms with van der Waals surface area (Å²) in [4.78, 5) is 17.3. The zero-order valence-corrected chi connectivity index (χ0v) is 12.0. The summed E-state index contributed by atoms with van der Waals surface area (Å²) in [5, 5.41) is 0. The average molecular weight is 306 g/mol. The van der Waals surface area contributed by atoms with Gasteiger partial charge in [0, 0.05) is 24.2 Å². The lowest BCUT2D eigenvalue weighted by molar-refractivity contribution is 0.579. The van der Waals surface area contributed by atoms with Gasteiger partial charge in [-0.15, -0.1) is 0 Å². The van der Waals surface area contributed by atoms with Crippen LogP contribution >= 0.6 is 0 Å². The van der Waals surface area contributed by atoms with Crippen LogP contribution in [0.2, 0.25) is 0 Å². The Morgan fingerprint density at radius 1 is 1.04 bits per heavy atom. The predicted octanol–water partition coefficient (Wildman–Crippen LogP) is 2.24. The molecule has 0 atom stereocenters. The standard InChI is InChI=1S/C16H11FN6/c17-13-2-1-10-8-23-12-7-18-4-3-11(12)20-14(23)9-22-6-5-19-16(22)15(10)21-13/h1-7H,8-9H2. The van der Waals surface area contributed by atoms with Gasteiger partial charge in [0.15, 0.2) is 5.82 Å². The normalized spacial score (nSPS) is 13.1. The molecule has 0 fully saturated rings. The van der Waals surface area contributed by atoms with E-state index in [-0.39, 0.29) is 0 Å². The van der Waals surface area contributed by atoms with Gasteiger partial charge in [0.05, 0.1) is 30.3 Å². The van der Waals surface area contributed by atoms with E-state index in [1.165, 1.54) is 6.07 Å². The molecule has 7 heteroatoms. The van der Waals surface area contributed by atoms with Crippen LogP contribution in [0.4, 0.5) is 4.39 Å². The first-order valence-electron chi connectivity index (χ1n) is 7.25. The summed E-state index contributed by atoms with van der Waals surface area (Å²) in [6.07, 6.45) is 7.10. The molecule has 5 rings (SSSR count). The molecule has 4 aromatic heterocycles. The summed E-state index contributed by atoms with van der Waals surface area (Å²) in [5.41, 5.74) is 3.34. The maximum absolute atomic E-state index is 13.6. The minimum Gasteiger partial charge on any atom is -0.322 e. The van der Waals surface area contributed by atoms with E-state index in [2.05, 4.69) is 19.5 Å². The fraction of sp³-hybridized carbons (Fsp3) is 0.125. The van der Waals surface area contributed by atoms with Crippen LogP contribution in [-0.2, 0) is 13.1 Å². The number of pyridine rings is 2. The maximum Gasteiger partial charge on any atom is 0.213 e. The molecule has 1 aliphatic rings. The number of rotatable bonds is 0. The second-order valence-corrected chi connectivity index (χ2v) is 5.50. The van der Waals surface area contributed by atoms with Gasteiger partial charge in [-0.05, 0) is 12.1 Å². The Labute approximate surface area is 130 Å². The Kier molecular flexibility index (Phi) is 2.41. The van der Waals surface area contributed by atoms with E-state index in [4.69, 9.17) is 4.98 Å². The minimum absolute atomic E-state index is 0.503. The van der Waals surface area contributed by atoms with Crippen molar-refractivity contribution in [2.75, 3.05) is 0 Å². The molecule has 4 aromatic rings. The molecule has 0 saturated carbocycles. The molecule has 112 valence electrons. The third-order valence-corrected chi connectivity index (χ3v) is 4.14. The Morgan fingerprint density at radius 3 is 2.96 bits per heavy atom. The molecule has 23 heavy (non-hydrogen) atoms. The van der Waals surface area contributed by atoms with E-state index in [0.29, 0.717) is 24.6 Å². The smallest absolute Gasteiger partial charge is 0.213 e. The lowest BCUT2D eigenvalue weighted by Crippen LogP contribution is -2.15. The molecule has 0 aromatic carbocycles. The second kappa shape index (κ2) is 4.45. The average Bonchev–Trinajstić information content (AvgIpc) is 3.13. The van der Waals surface area contributed by atoms with Crippen LogP contribution in [0.3, 0.4) is 0 Å². The molecule has 1 aliphatic heterocycles. The Morgan fingerprint density at radius 2 is 2.00 bits per heavy atom. The molecule has 0 saturated heterocycles. The van der Waals surface area contributed by atoms with E-state index in [9.17, 15) is 4.39 Å². The first-order valence-corrected chi connectivity index (χ1v) is 7.25. The highest BCUT2D eigenvalue weighted by molar-refractivity contribution is 5.75.